The summed E-state index contributed by atoms with van der Waals surface area (Å²) in [5.41, 5.74) is 3.29. The van der Waals surface area contributed by atoms with Crippen LogP contribution in [0.3, 0.4) is 0 Å². The molecule has 1 aliphatic carbocycles. The van der Waals surface area contributed by atoms with Crippen LogP contribution in [0.2, 0.25) is 0 Å². The average molecular weight is 416 g/mol. The second-order valence-corrected chi connectivity index (χ2v) is 7.49. The standard InChI is InChI=1S/C20H27N5O3.C2H6/c1-13-11-21-18(10-17(13)27-3)23(2)19-15-12-24(20(26)28-4)9-8-16(15)25(22-19)14-6-5-7-14;1-2/h10-11,14H,5-9,12H2,1-4H3;1-2H3. The van der Waals surface area contributed by atoms with Crippen molar-refractivity contribution in [2.24, 2.45) is 0 Å². The highest BCUT2D eigenvalue weighted by Gasteiger charge is 2.33. The van der Waals surface area contributed by atoms with E-state index in [9.17, 15) is 4.79 Å². The number of hydrogen-bond donors (Lipinski definition) is 0. The summed E-state index contributed by atoms with van der Waals surface area (Å²) < 4.78 is 12.6. The molecule has 0 radical (unpaired) electrons. The van der Waals surface area contributed by atoms with E-state index >= 15 is 0 Å². The molecule has 0 aromatic carbocycles. The van der Waals surface area contributed by atoms with Gasteiger partial charge in [-0.05, 0) is 26.2 Å². The third-order valence-electron chi connectivity index (χ3n) is 5.84. The fraction of sp³-hybridized carbons (Fsp3) is 0.591. The molecule has 164 valence electrons. The van der Waals surface area contributed by atoms with Crippen molar-refractivity contribution in [3.05, 3.63) is 29.1 Å². The van der Waals surface area contributed by atoms with Crippen LogP contribution in [0.15, 0.2) is 12.3 Å². The van der Waals surface area contributed by atoms with Gasteiger partial charge in [0.1, 0.15) is 11.6 Å². The number of amides is 1. The van der Waals surface area contributed by atoms with Crippen LogP contribution in [0, 0.1) is 6.92 Å². The first-order valence-corrected chi connectivity index (χ1v) is 10.7. The van der Waals surface area contributed by atoms with E-state index in [1.807, 2.05) is 38.8 Å². The fourth-order valence-electron chi connectivity index (χ4n) is 3.92. The molecule has 8 nitrogen and oxygen atoms in total. The van der Waals surface area contributed by atoms with Crippen LogP contribution in [0.1, 0.15) is 56.0 Å². The number of pyridine rings is 1. The summed E-state index contributed by atoms with van der Waals surface area (Å²) >= 11 is 0. The lowest BCUT2D eigenvalue weighted by molar-refractivity contribution is 0.118. The fourth-order valence-corrected chi connectivity index (χ4v) is 3.92. The highest BCUT2D eigenvalue weighted by Crippen LogP contribution is 2.39. The normalized spacial score (nSPS) is 15.5. The Labute approximate surface area is 178 Å². The Morgan fingerprint density at radius 2 is 2.00 bits per heavy atom. The zero-order chi connectivity index (χ0) is 21.8. The van der Waals surface area contributed by atoms with Crippen molar-refractivity contribution in [2.45, 2.75) is 59.0 Å². The second kappa shape index (κ2) is 9.36. The number of aryl methyl sites for hydroxylation is 1. The number of aromatic nitrogens is 3. The highest BCUT2D eigenvalue weighted by molar-refractivity contribution is 5.69. The van der Waals surface area contributed by atoms with Crippen molar-refractivity contribution in [3.63, 3.8) is 0 Å². The lowest BCUT2D eigenvalue weighted by Crippen LogP contribution is -2.37. The number of fused-ring (bicyclic) bond motifs is 1. The van der Waals surface area contributed by atoms with Crippen LogP contribution in [-0.4, -0.2) is 53.6 Å². The van der Waals surface area contributed by atoms with Crippen molar-refractivity contribution in [1.29, 1.82) is 0 Å². The Morgan fingerprint density at radius 3 is 2.60 bits per heavy atom. The lowest BCUT2D eigenvalue weighted by atomic mass is 9.92. The van der Waals surface area contributed by atoms with Crippen molar-refractivity contribution in [2.75, 3.05) is 32.7 Å². The van der Waals surface area contributed by atoms with E-state index in [0.29, 0.717) is 19.1 Å². The third kappa shape index (κ3) is 3.95. The summed E-state index contributed by atoms with van der Waals surface area (Å²) in [6.45, 7) is 7.12. The monoisotopic (exact) mass is 415 g/mol. The van der Waals surface area contributed by atoms with Crippen molar-refractivity contribution in [3.8, 4) is 5.75 Å². The molecule has 0 unspecified atom stereocenters. The Balaban J connectivity index is 0.00000124. The molecular weight excluding hydrogens is 382 g/mol. The van der Waals surface area contributed by atoms with E-state index in [-0.39, 0.29) is 6.09 Å². The van der Waals surface area contributed by atoms with Crippen LogP contribution >= 0.6 is 0 Å². The van der Waals surface area contributed by atoms with Crippen LogP contribution < -0.4 is 9.64 Å². The van der Waals surface area contributed by atoms with Crippen LogP contribution in [0.4, 0.5) is 16.4 Å². The number of anilines is 2. The van der Waals surface area contributed by atoms with Crippen molar-refractivity contribution < 1.29 is 14.3 Å². The molecule has 1 fully saturated rings. The molecule has 8 heteroatoms. The van der Waals surface area contributed by atoms with Gasteiger partial charge in [-0.25, -0.2) is 9.78 Å². The molecule has 2 aliphatic rings. The van der Waals surface area contributed by atoms with E-state index in [1.165, 1.54) is 19.2 Å². The summed E-state index contributed by atoms with van der Waals surface area (Å²) in [5, 5.41) is 4.97. The minimum atomic E-state index is -0.300. The van der Waals surface area contributed by atoms with E-state index in [4.69, 9.17) is 14.6 Å². The number of carbonyl (C=O) groups excluding carboxylic acids is 1. The summed E-state index contributed by atoms with van der Waals surface area (Å²) in [5.74, 6) is 2.40. The van der Waals surface area contributed by atoms with E-state index in [0.717, 1.165) is 47.8 Å². The topological polar surface area (TPSA) is 72.7 Å². The van der Waals surface area contributed by atoms with Gasteiger partial charge in [-0.1, -0.05) is 13.8 Å². The van der Waals surface area contributed by atoms with Gasteiger partial charge in [0.15, 0.2) is 5.82 Å². The van der Waals surface area contributed by atoms with Crippen LogP contribution in [0.5, 0.6) is 5.75 Å². The van der Waals surface area contributed by atoms with Gasteiger partial charge in [0.05, 0.1) is 26.8 Å². The van der Waals surface area contributed by atoms with Gasteiger partial charge in [-0.3, -0.25) is 4.68 Å². The molecule has 0 atom stereocenters. The van der Waals surface area contributed by atoms with Gasteiger partial charge in [0, 0.05) is 49.1 Å². The zero-order valence-corrected chi connectivity index (χ0v) is 18.9. The summed E-state index contributed by atoms with van der Waals surface area (Å²) in [6, 6.07) is 2.38. The van der Waals surface area contributed by atoms with Crippen LogP contribution in [-0.2, 0) is 17.7 Å². The van der Waals surface area contributed by atoms with E-state index in [1.54, 1.807) is 18.2 Å². The van der Waals surface area contributed by atoms with Gasteiger partial charge in [-0.2, -0.15) is 5.10 Å². The number of nitrogens with zero attached hydrogens (tertiary/aromatic N) is 5. The second-order valence-electron chi connectivity index (χ2n) is 7.49. The van der Waals surface area contributed by atoms with Gasteiger partial charge in [-0.15, -0.1) is 0 Å². The molecule has 1 amide bonds. The predicted octanol–water partition coefficient (Wildman–Crippen LogP) is 4.24. The van der Waals surface area contributed by atoms with Crippen molar-refractivity contribution >= 4 is 17.7 Å². The van der Waals surface area contributed by atoms with Gasteiger partial charge in [0.25, 0.3) is 0 Å². The summed E-state index contributed by atoms with van der Waals surface area (Å²) in [6.07, 6.45) is 5.86. The molecule has 0 spiro atoms. The Hall–Kier alpha value is -2.77. The highest BCUT2D eigenvalue weighted by atomic mass is 16.5. The molecule has 4 rings (SSSR count). The number of methoxy groups -OCH3 is 2. The maximum absolute atomic E-state index is 12.1. The smallest absolute Gasteiger partial charge is 0.409 e. The van der Waals surface area contributed by atoms with Gasteiger partial charge in [0.2, 0.25) is 0 Å². The Bertz CT molecular complexity index is 891. The summed E-state index contributed by atoms with van der Waals surface area (Å²) in [4.78, 5) is 20.4. The first kappa shape index (κ1) is 21.9. The largest absolute Gasteiger partial charge is 0.496 e. The number of ether oxygens (including phenoxy) is 2. The molecule has 0 saturated heterocycles. The molecule has 1 saturated carbocycles. The zero-order valence-electron chi connectivity index (χ0n) is 18.9. The maximum atomic E-state index is 12.1. The van der Waals surface area contributed by atoms with Gasteiger partial charge >= 0.3 is 6.09 Å². The molecule has 3 heterocycles. The molecular formula is C22H33N5O3. The third-order valence-corrected chi connectivity index (χ3v) is 5.84. The molecule has 30 heavy (non-hydrogen) atoms. The molecule has 1 aliphatic heterocycles. The Kier molecular flexibility index (Phi) is 6.84. The predicted molar refractivity (Wildman–Crippen MR) is 117 cm³/mol. The minimum Gasteiger partial charge on any atom is -0.496 e. The SMILES string of the molecule is CC.COC(=O)N1CCc2c(c(N(C)c3cc(OC)c(C)cn3)nn2C2CCC2)C1. The maximum Gasteiger partial charge on any atom is 0.409 e. The average Bonchev–Trinajstić information content (AvgIpc) is 3.11. The Morgan fingerprint density at radius 1 is 1.27 bits per heavy atom. The quantitative estimate of drug-likeness (QED) is 0.744. The molecule has 0 N–H and O–H groups in total. The molecule has 2 aromatic heterocycles. The number of carbonyl (C=O) groups is 1. The molecule has 0 bridgehead atoms. The minimum absolute atomic E-state index is 0.300. The van der Waals surface area contributed by atoms with Gasteiger partial charge < -0.3 is 19.3 Å². The van der Waals surface area contributed by atoms with Crippen LogP contribution in [0.25, 0.3) is 0 Å². The number of rotatable bonds is 4. The first-order chi connectivity index (χ1) is 14.5. The van der Waals surface area contributed by atoms with E-state index < -0.39 is 0 Å². The molecule has 2 aromatic rings. The number of hydrogen-bond acceptors (Lipinski definition) is 6. The lowest BCUT2D eigenvalue weighted by Gasteiger charge is -2.31. The van der Waals surface area contributed by atoms with Crippen molar-refractivity contribution in [1.82, 2.24) is 19.7 Å². The van der Waals surface area contributed by atoms with E-state index in [2.05, 4.69) is 9.67 Å². The summed E-state index contributed by atoms with van der Waals surface area (Å²) in [7, 11) is 5.04. The first-order valence-electron chi connectivity index (χ1n) is 10.7.